The summed E-state index contributed by atoms with van der Waals surface area (Å²) < 4.78 is 5.62. The molecular formula is C15H20ClNO2. The number of Topliss-reactive ketones (excluding diaryl/α,β-unsaturated/α-hetero) is 1. The summed E-state index contributed by atoms with van der Waals surface area (Å²) in [5, 5.41) is 0.673. The van der Waals surface area contributed by atoms with Crippen molar-refractivity contribution in [3.8, 4) is 5.75 Å². The minimum atomic E-state index is -0.0546. The molecule has 3 nitrogen and oxygen atoms in total. The first-order valence-corrected chi connectivity index (χ1v) is 7.20. The Balaban J connectivity index is 2.17. The van der Waals surface area contributed by atoms with Crippen LogP contribution in [0.1, 0.15) is 30.9 Å². The Morgan fingerprint density at radius 1 is 1.53 bits per heavy atom. The Labute approximate surface area is 119 Å². The predicted molar refractivity (Wildman–Crippen MR) is 76.8 cm³/mol. The van der Waals surface area contributed by atoms with Crippen molar-refractivity contribution in [1.29, 1.82) is 0 Å². The molecule has 1 atom stereocenters. The highest BCUT2D eigenvalue weighted by Crippen LogP contribution is 2.33. The molecule has 1 unspecified atom stereocenters. The first kappa shape index (κ1) is 14.4. The van der Waals surface area contributed by atoms with Gasteiger partial charge in [0.05, 0.1) is 6.61 Å². The van der Waals surface area contributed by atoms with Crippen molar-refractivity contribution < 1.29 is 9.53 Å². The second-order valence-corrected chi connectivity index (χ2v) is 5.45. The van der Waals surface area contributed by atoms with E-state index in [9.17, 15) is 4.79 Å². The predicted octanol–water partition coefficient (Wildman–Crippen LogP) is 2.76. The molecule has 1 aliphatic rings. The number of ether oxygens (including phenoxy) is 1. The van der Waals surface area contributed by atoms with Gasteiger partial charge in [0.25, 0.3) is 0 Å². The summed E-state index contributed by atoms with van der Waals surface area (Å²) in [4.78, 5) is 12.3. The van der Waals surface area contributed by atoms with Gasteiger partial charge in [-0.25, -0.2) is 0 Å². The van der Waals surface area contributed by atoms with Gasteiger partial charge in [0.2, 0.25) is 0 Å². The van der Waals surface area contributed by atoms with Gasteiger partial charge in [-0.15, -0.1) is 0 Å². The van der Waals surface area contributed by atoms with E-state index in [1.165, 1.54) is 0 Å². The van der Waals surface area contributed by atoms with Gasteiger partial charge in [-0.3, -0.25) is 4.79 Å². The molecule has 2 N–H and O–H groups in total. The number of carbonyl (C=O) groups excluding carboxylic acids is 1. The largest absolute Gasteiger partial charge is 0.493 e. The van der Waals surface area contributed by atoms with Crippen molar-refractivity contribution in [2.24, 2.45) is 11.7 Å². The zero-order valence-corrected chi connectivity index (χ0v) is 12.0. The van der Waals surface area contributed by atoms with Gasteiger partial charge in [-0.2, -0.15) is 0 Å². The van der Waals surface area contributed by atoms with Crippen LogP contribution in [-0.4, -0.2) is 18.9 Å². The van der Waals surface area contributed by atoms with Crippen molar-refractivity contribution in [2.75, 3.05) is 13.2 Å². The highest BCUT2D eigenvalue weighted by molar-refractivity contribution is 6.30. The summed E-state index contributed by atoms with van der Waals surface area (Å²) in [7, 11) is 0. The maximum atomic E-state index is 12.3. The minimum Gasteiger partial charge on any atom is -0.493 e. The molecule has 0 saturated carbocycles. The van der Waals surface area contributed by atoms with E-state index in [1.807, 2.05) is 12.1 Å². The number of nitrogens with two attached hydrogens (primary N) is 1. The van der Waals surface area contributed by atoms with Crippen LogP contribution in [0.2, 0.25) is 5.02 Å². The van der Waals surface area contributed by atoms with Crippen LogP contribution < -0.4 is 10.5 Å². The maximum absolute atomic E-state index is 12.3. The molecule has 0 aromatic heterocycles. The van der Waals surface area contributed by atoms with Gasteiger partial charge in [0.15, 0.2) is 0 Å². The van der Waals surface area contributed by atoms with Gasteiger partial charge >= 0.3 is 0 Å². The average molecular weight is 282 g/mol. The van der Waals surface area contributed by atoms with Crippen LogP contribution in [0.5, 0.6) is 5.75 Å². The molecule has 0 fully saturated rings. The fourth-order valence-corrected chi connectivity index (χ4v) is 2.83. The molecule has 0 bridgehead atoms. The number of rotatable bonds is 6. The number of fused-ring (bicyclic) bond motifs is 1. The first-order valence-electron chi connectivity index (χ1n) is 6.82. The lowest BCUT2D eigenvalue weighted by Gasteiger charge is -2.14. The van der Waals surface area contributed by atoms with Crippen LogP contribution in [0.3, 0.4) is 0 Å². The van der Waals surface area contributed by atoms with Crippen molar-refractivity contribution in [3.63, 3.8) is 0 Å². The molecule has 19 heavy (non-hydrogen) atoms. The third-order valence-corrected chi connectivity index (χ3v) is 3.79. The monoisotopic (exact) mass is 281 g/mol. The normalized spacial score (nSPS) is 14.9. The van der Waals surface area contributed by atoms with E-state index in [1.54, 1.807) is 0 Å². The van der Waals surface area contributed by atoms with Gasteiger partial charge in [0, 0.05) is 35.9 Å². The molecule has 0 amide bonds. The van der Waals surface area contributed by atoms with Gasteiger partial charge in [-0.05, 0) is 24.1 Å². The Hall–Kier alpha value is -1.06. The highest BCUT2D eigenvalue weighted by Gasteiger charge is 2.22. The lowest BCUT2D eigenvalue weighted by molar-refractivity contribution is -0.122. The fourth-order valence-electron chi connectivity index (χ4n) is 2.57. The number of halogens is 1. The van der Waals surface area contributed by atoms with E-state index in [4.69, 9.17) is 22.1 Å². The Morgan fingerprint density at radius 3 is 3.00 bits per heavy atom. The number of carbonyl (C=O) groups is 1. The van der Waals surface area contributed by atoms with E-state index in [0.29, 0.717) is 24.6 Å². The summed E-state index contributed by atoms with van der Waals surface area (Å²) in [6.45, 7) is 3.15. The molecule has 4 heteroatoms. The molecule has 2 rings (SSSR count). The maximum Gasteiger partial charge on any atom is 0.141 e. The third-order valence-electron chi connectivity index (χ3n) is 3.57. The first-order chi connectivity index (χ1) is 9.15. The van der Waals surface area contributed by atoms with Crippen molar-refractivity contribution in [1.82, 2.24) is 0 Å². The van der Waals surface area contributed by atoms with Gasteiger partial charge in [-0.1, -0.05) is 24.9 Å². The van der Waals surface area contributed by atoms with E-state index in [-0.39, 0.29) is 11.7 Å². The second-order valence-electron chi connectivity index (χ2n) is 5.02. The van der Waals surface area contributed by atoms with Crippen molar-refractivity contribution in [3.05, 3.63) is 28.3 Å². The number of hydrogen-bond acceptors (Lipinski definition) is 3. The van der Waals surface area contributed by atoms with E-state index in [2.05, 4.69) is 6.92 Å². The summed E-state index contributed by atoms with van der Waals surface area (Å²) in [6, 6.07) is 3.76. The van der Waals surface area contributed by atoms with Crippen molar-refractivity contribution >= 4 is 17.4 Å². The van der Waals surface area contributed by atoms with Crippen LogP contribution in [0.15, 0.2) is 12.1 Å². The number of ketones is 1. The van der Waals surface area contributed by atoms with Crippen LogP contribution in [-0.2, 0) is 17.6 Å². The quantitative estimate of drug-likeness (QED) is 0.872. The number of benzene rings is 1. The van der Waals surface area contributed by atoms with Gasteiger partial charge < -0.3 is 10.5 Å². The third kappa shape index (κ3) is 3.28. The molecule has 0 saturated heterocycles. The molecule has 1 heterocycles. The van der Waals surface area contributed by atoms with Crippen molar-refractivity contribution in [2.45, 2.75) is 32.6 Å². The minimum absolute atomic E-state index is 0.0546. The molecular weight excluding hydrogens is 262 g/mol. The lowest BCUT2D eigenvalue weighted by atomic mass is 9.93. The molecule has 1 aromatic rings. The summed E-state index contributed by atoms with van der Waals surface area (Å²) in [5.74, 6) is 0.982. The van der Waals surface area contributed by atoms with Gasteiger partial charge in [0.1, 0.15) is 11.5 Å². The molecule has 0 spiro atoms. The zero-order valence-electron chi connectivity index (χ0n) is 11.2. The van der Waals surface area contributed by atoms with Crippen LogP contribution in [0.25, 0.3) is 0 Å². The summed E-state index contributed by atoms with van der Waals surface area (Å²) >= 11 is 6.10. The SMILES string of the molecule is CCCC(CN)C(=O)Cc1cc(Cl)cc2c1OCC2. The Bertz CT molecular complexity index is 473. The zero-order chi connectivity index (χ0) is 13.8. The van der Waals surface area contributed by atoms with E-state index < -0.39 is 0 Å². The van der Waals surface area contributed by atoms with E-state index in [0.717, 1.165) is 36.1 Å². The van der Waals surface area contributed by atoms with Crippen LogP contribution in [0, 0.1) is 5.92 Å². The Morgan fingerprint density at radius 2 is 2.32 bits per heavy atom. The molecule has 0 radical (unpaired) electrons. The van der Waals surface area contributed by atoms with Crippen LogP contribution in [0.4, 0.5) is 0 Å². The summed E-state index contributed by atoms with van der Waals surface area (Å²) in [6.07, 6.45) is 3.05. The average Bonchev–Trinajstić information content (AvgIpc) is 2.83. The highest BCUT2D eigenvalue weighted by atomic mass is 35.5. The van der Waals surface area contributed by atoms with Crippen LogP contribution >= 0.6 is 11.6 Å². The van der Waals surface area contributed by atoms with E-state index >= 15 is 0 Å². The standard InChI is InChI=1S/C15H20ClNO2/c1-2-3-11(9-17)14(18)8-12-7-13(16)6-10-4-5-19-15(10)12/h6-7,11H,2-5,8-9,17H2,1H3. The lowest BCUT2D eigenvalue weighted by Crippen LogP contribution is -2.25. The molecule has 1 aliphatic heterocycles. The smallest absolute Gasteiger partial charge is 0.141 e. The molecule has 0 aliphatic carbocycles. The number of hydrogen-bond donors (Lipinski definition) is 1. The summed E-state index contributed by atoms with van der Waals surface area (Å²) in [5.41, 5.74) is 7.69. The Kier molecular flexibility index (Phi) is 4.83. The molecule has 104 valence electrons. The second kappa shape index (κ2) is 6.40. The fraction of sp³-hybridized carbons (Fsp3) is 0.533. The topological polar surface area (TPSA) is 52.3 Å². The molecule has 1 aromatic carbocycles.